The van der Waals surface area contributed by atoms with Crippen LogP contribution in [0.15, 0.2) is 12.2 Å². The Morgan fingerprint density at radius 1 is 1.55 bits per heavy atom. The Morgan fingerprint density at radius 3 is 2.36 bits per heavy atom. The van der Waals surface area contributed by atoms with Crippen molar-refractivity contribution in [2.75, 3.05) is 0 Å². The summed E-state index contributed by atoms with van der Waals surface area (Å²) in [4.78, 5) is 10.6. The van der Waals surface area contributed by atoms with Crippen LogP contribution in [0.2, 0.25) is 0 Å². The quantitative estimate of drug-likeness (QED) is 0.617. The molecule has 62 valence electrons. The molecular weight excluding hydrogens is 140 g/mol. The lowest BCUT2D eigenvalue weighted by atomic mass is 10.1. The van der Waals surface area contributed by atoms with Gasteiger partial charge >= 0.3 is 5.97 Å². The summed E-state index contributed by atoms with van der Waals surface area (Å²) >= 11 is 0. The highest BCUT2D eigenvalue weighted by Gasteiger charge is 2.60. The lowest BCUT2D eigenvalue weighted by Gasteiger charge is -1.95. The van der Waals surface area contributed by atoms with E-state index in [2.05, 4.69) is 0 Å². The van der Waals surface area contributed by atoms with Gasteiger partial charge in [0.1, 0.15) is 0 Å². The van der Waals surface area contributed by atoms with Crippen LogP contribution < -0.4 is 0 Å². The van der Waals surface area contributed by atoms with E-state index >= 15 is 0 Å². The molecule has 2 atom stereocenters. The molecule has 0 bridgehead atoms. The number of aliphatic carboxylic acids is 1. The van der Waals surface area contributed by atoms with E-state index in [1.54, 1.807) is 0 Å². The van der Waals surface area contributed by atoms with Crippen LogP contribution in [-0.4, -0.2) is 11.1 Å². The molecule has 0 spiro atoms. The molecule has 1 aliphatic rings. The van der Waals surface area contributed by atoms with E-state index in [9.17, 15) is 4.79 Å². The van der Waals surface area contributed by atoms with Crippen molar-refractivity contribution < 1.29 is 9.90 Å². The molecule has 0 aromatic heterocycles. The normalized spacial score (nSPS) is 34.1. The zero-order valence-corrected chi connectivity index (χ0v) is 7.16. The molecule has 0 saturated heterocycles. The third-order valence-electron chi connectivity index (χ3n) is 2.58. The molecule has 1 aliphatic carbocycles. The summed E-state index contributed by atoms with van der Waals surface area (Å²) in [6.07, 6.45) is 3.91. The maximum Gasteiger partial charge on any atom is 0.307 e. The first-order valence-corrected chi connectivity index (χ1v) is 3.87. The predicted molar refractivity (Wildman–Crippen MR) is 43.2 cm³/mol. The van der Waals surface area contributed by atoms with E-state index in [0.717, 1.165) is 0 Å². The van der Waals surface area contributed by atoms with Crippen molar-refractivity contribution in [1.29, 1.82) is 0 Å². The number of allylic oxidation sites excluding steroid dienone is 2. The third kappa shape index (κ3) is 1.17. The topological polar surface area (TPSA) is 37.3 Å². The summed E-state index contributed by atoms with van der Waals surface area (Å²) in [6, 6.07) is 0. The standard InChI is InChI=1S/C9H14O2/c1-4-5-6-7(8(10)11)9(6,2)3/h4-7H,1-3H3,(H,10,11)/b5-4-/t6-,7-/m1/s1. The monoisotopic (exact) mass is 154 g/mol. The molecule has 2 heteroatoms. The number of carboxylic acids is 1. The number of carboxylic acid groups (broad SMARTS) is 1. The summed E-state index contributed by atoms with van der Waals surface area (Å²) < 4.78 is 0. The first-order chi connectivity index (χ1) is 5.01. The molecule has 0 heterocycles. The molecule has 0 aromatic carbocycles. The summed E-state index contributed by atoms with van der Waals surface area (Å²) in [7, 11) is 0. The smallest absolute Gasteiger partial charge is 0.307 e. The molecule has 0 aromatic rings. The molecule has 2 nitrogen and oxygen atoms in total. The minimum atomic E-state index is -0.668. The molecule has 1 rings (SSSR count). The number of carbonyl (C=O) groups is 1. The van der Waals surface area contributed by atoms with Gasteiger partial charge in [0.25, 0.3) is 0 Å². The number of hydrogen-bond acceptors (Lipinski definition) is 1. The van der Waals surface area contributed by atoms with Gasteiger partial charge in [0.2, 0.25) is 0 Å². The van der Waals surface area contributed by atoms with Gasteiger partial charge in [-0.15, -0.1) is 0 Å². The maximum absolute atomic E-state index is 10.6. The molecule has 0 aliphatic heterocycles. The zero-order chi connectivity index (χ0) is 8.65. The van der Waals surface area contributed by atoms with E-state index in [-0.39, 0.29) is 17.3 Å². The van der Waals surface area contributed by atoms with Crippen molar-refractivity contribution in [1.82, 2.24) is 0 Å². The molecule has 1 saturated carbocycles. The largest absolute Gasteiger partial charge is 0.481 e. The minimum absolute atomic E-state index is 0.0294. The second-order valence-electron chi connectivity index (χ2n) is 3.69. The van der Waals surface area contributed by atoms with E-state index in [1.807, 2.05) is 32.9 Å². The van der Waals surface area contributed by atoms with Crippen LogP contribution in [0.5, 0.6) is 0 Å². The molecule has 1 N–H and O–H groups in total. The molecule has 11 heavy (non-hydrogen) atoms. The Balaban J connectivity index is 2.68. The lowest BCUT2D eigenvalue weighted by Crippen LogP contribution is -2.02. The third-order valence-corrected chi connectivity index (χ3v) is 2.58. The van der Waals surface area contributed by atoms with Crippen LogP contribution in [-0.2, 0) is 4.79 Å². The van der Waals surface area contributed by atoms with Gasteiger partial charge in [-0.25, -0.2) is 0 Å². The van der Waals surface area contributed by atoms with Gasteiger partial charge < -0.3 is 5.11 Å². The van der Waals surface area contributed by atoms with Gasteiger partial charge in [-0.05, 0) is 18.3 Å². The second-order valence-corrected chi connectivity index (χ2v) is 3.69. The van der Waals surface area contributed by atoms with Crippen LogP contribution in [0.25, 0.3) is 0 Å². The molecule has 0 amide bonds. The highest BCUT2D eigenvalue weighted by atomic mass is 16.4. The van der Waals surface area contributed by atoms with Crippen LogP contribution in [0.3, 0.4) is 0 Å². The van der Waals surface area contributed by atoms with Crippen molar-refractivity contribution >= 4 is 5.97 Å². The first-order valence-electron chi connectivity index (χ1n) is 3.87. The van der Waals surface area contributed by atoms with Crippen LogP contribution >= 0.6 is 0 Å². The fraction of sp³-hybridized carbons (Fsp3) is 0.667. The fourth-order valence-electron chi connectivity index (χ4n) is 1.72. The average molecular weight is 154 g/mol. The Kier molecular flexibility index (Phi) is 1.78. The Labute approximate surface area is 66.9 Å². The van der Waals surface area contributed by atoms with E-state index in [0.29, 0.717) is 0 Å². The van der Waals surface area contributed by atoms with E-state index in [4.69, 9.17) is 5.11 Å². The number of rotatable bonds is 2. The van der Waals surface area contributed by atoms with Crippen LogP contribution in [0.1, 0.15) is 20.8 Å². The van der Waals surface area contributed by atoms with Gasteiger partial charge in [0.05, 0.1) is 5.92 Å². The average Bonchev–Trinajstić information content (AvgIpc) is 2.35. The van der Waals surface area contributed by atoms with Crippen LogP contribution in [0, 0.1) is 17.3 Å². The minimum Gasteiger partial charge on any atom is -0.481 e. The number of hydrogen-bond donors (Lipinski definition) is 1. The lowest BCUT2D eigenvalue weighted by molar-refractivity contribution is -0.139. The molecular formula is C9H14O2. The van der Waals surface area contributed by atoms with Crippen molar-refractivity contribution in [3.8, 4) is 0 Å². The summed E-state index contributed by atoms with van der Waals surface area (Å²) in [5, 5.41) is 8.75. The first kappa shape index (κ1) is 8.31. The van der Waals surface area contributed by atoms with Gasteiger partial charge in [0.15, 0.2) is 0 Å². The zero-order valence-electron chi connectivity index (χ0n) is 7.16. The Morgan fingerprint density at radius 2 is 2.09 bits per heavy atom. The predicted octanol–water partition coefficient (Wildman–Crippen LogP) is 1.92. The van der Waals surface area contributed by atoms with E-state index < -0.39 is 5.97 Å². The van der Waals surface area contributed by atoms with E-state index in [1.165, 1.54) is 0 Å². The Hall–Kier alpha value is -0.790. The Bertz CT molecular complexity index is 204. The van der Waals surface area contributed by atoms with Crippen molar-refractivity contribution in [3.63, 3.8) is 0 Å². The maximum atomic E-state index is 10.6. The highest BCUT2D eigenvalue weighted by Crippen LogP contribution is 2.58. The van der Waals surface area contributed by atoms with Gasteiger partial charge in [0, 0.05) is 0 Å². The van der Waals surface area contributed by atoms with Crippen molar-refractivity contribution in [2.45, 2.75) is 20.8 Å². The van der Waals surface area contributed by atoms with Crippen molar-refractivity contribution in [3.05, 3.63) is 12.2 Å². The highest BCUT2D eigenvalue weighted by molar-refractivity contribution is 5.76. The fourth-order valence-corrected chi connectivity index (χ4v) is 1.72. The van der Waals surface area contributed by atoms with Gasteiger partial charge in [-0.2, -0.15) is 0 Å². The van der Waals surface area contributed by atoms with Crippen molar-refractivity contribution in [2.24, 2.45) is 17.3 Å². The van der Waals surface area contributed by atoms with Crippen LogP contribution in [0.4, 0.5) is 0 Å². The molecule has 0 radical (unpaired) electrons. The molecule has 1 fully saturated rings. The van der Waals surface area contributed by atoms with Gasteiger partial charge in [-0.1, -0.05) is 26.0 Å². The summed E-state index contributed by atoms with van der Waals surface area (Å²) in [6.45, 7) is 5.92. The summed E-state index contributed by atoms with van der Waals surface area (Å²) in [5.74, 6) is -0.596. The SMILES string of the molecule is C/C=C\[C@@H]1[C@H](C(=O)O)C1(C)C. The second kappa shape index (κ2) is 2.36. The molecule has 0 unspecified atom stereocenters. The summed E-state index contributed by atoms with van der Waals surface area (Å²) in [5.41, 5.74) is -0.0294. The van der Waals surface area contributed by atoms with Gasteiger partial charge in [-0.3, -0.25) is 4.79 Å².